The lowest BCUT2D eigenvalue weighted by Gasteiger charge is -2.05. The minimum atomic E-state index is -0.343. The molecule has 0 radical (unpaired) electrons. The van der Waals surface area contributed by atoms with Crippen LogP contribution in [0.25, 0.3) is 11.5 Å². The Morgan fingerprint density at radius 1 is 1.28 bits per heavy atom. The molecular weight excluding hydrogens is 231 g/mol. The summed E-state index contributed by atoms with van der Waals surface area (Å²) in [6, 6.07) is 2.99. The normalized spacial score (nSPS) is 11.1. The van der Waals surface area contributed by atoms with Crippen molar-refractivity contribution in [1.82, 2.24) is 20.3 Å². The van der Waals surface area contributed by atoms with E-state index in [1.165, 1.54) is 12.3 Å². The van der Waals surface area contributed by atoms with E-state index in [1.807, 2.05) is 0 Å². The predicted octanol–water partition coefficient (Wildman–Crippen LogP) is 2.36. The van der Waals surface area contributed by atoms with E-state index < -0.39 is 0 Å². The molecule has 0 spiro atoms. The Morgan fingerprint density at radius 2 is 2.11 bits per heavy atom. The Balaban J connectivity index is 1.99. The molecule has 2 N–H and O–H groups in total. The Labute approximate surface area is 106 Å². The molecule has 0 saturated carbocycles. The van der Waals surface area contributed by atoms with Crippen LogP contribution in [-0.2, 0) is 6.54 Å². The minimum absolute atomic E-state index is 0.343. The number of imidazole rings is 1. The lowest BCUT2D eigenvalue weighted by atomic mass is 10.2. The van der Waals surface area contributed by atoms with E-state index >= 15 is 0 Å². The van der Waals surface area contributed by atoms with Crippen LogP contribution in [0.3, 0.4) is 0 Å². The molecule has 2 aromatic rings. The van der Waals surface area contributed by atoms with Gasteiger partial charge < -0.3 is 10.3 Å². The number of rotatable bonds is 5. The van der Waals surface area contributed by atoms with E-state index in [4.69, 9.17) is 0 Å². The molecule has 0 saturated heterocycles. The molecular formula is C13H17FN4. The maximum Gasteiger partial charge on any atom is 0.156 e. The van der Waals surface area contributed by atoms with Gasteiger partial charge in [0.05, 0.1) is 12.4 Å². The van der Waals surface area contributed by atoms with Crippen molar-refractivity contribution in [2.45, 2.75) is 20.4 Å². The molecule has 2 heterocycles. The van der Waals surface area contributed by atoms with Crippen LogP contribution < -0.4 is 5.32 Å². The molecule has 0 unspecified atom stereocenters. The quantitative estimate of drug-likeness (QED) is 0.854. The average molecular weight is 248 g/mol. The highest BCUT2D eigenvalue weighted by Crippen LogP contribution is 2.12. The molecule has 0 fully saturated rings. The van der Waals surface area contributed by atoms with Crippen LogP contribution in [0.4, 0.5) is 4.39 Å². The minimum Gasteiger partial charge on any atom is -0.339 e. The summed E-state index contributed by atoms with van der Waals surface area (Å²) in [5, 5.41) is 3.32. The number of halogens is 1. The molecule has 0 bridgehead atoms. The van der Waals surface area contributed by atoms with Crippen LogP contribution >= 0.6 is 0 Å². The molecule has 0 aliphatic carbocycles. The summed E-state index contributed by atoms with van der Waals surface area (Å²) in [6.45, 7) is 6.02. The lowest BCUT2D eigenvalue weighted by molar-refractivity contribution is 0.549. The van der Waals surface area contributed by atoms with Gasteiger partial charge in [0, 0.05) is 12.2 Å². The molecule has 2 rings (SSSR count). The van der Waals surface area contributed by atoms with E-state index in [1.54, 1.807) is 12.3 Å². The highest BCUT2D eigenvalue weighted by molar-refractivity contribution is 5.48. The summed E-state index contributed by atoms with van der Waals surface area (Å²) >= 11 is 0. The molecule has 0 aliphatic heterocycles. The SMILES string of the molecule is CC(C)CNCc1cnc(-c2ccc(F)cn2)[nH]1. The van der Waals surface area contributed by atoms with Gasteiger partial charge in [0.15, 0.2) is 5.82 Å². The van der Waals surface area contributed by atoms with Crippen LogP contribution in [0.2, 0.25) is 0 Å². The van der Waals surface area contributed by atoms with Crippen molar-refractivity contribution in [3.63, 3.8) is 0 Å². The second-order valence-corrected chi connectivity index (χ2v) is 4.64. The van der Waals surface area contributed by atoms with Gasteiger partial charge in [-0.15, -0.1) is 0 Å². The van der Waals surface area contributed by atoms with Crippen molar-refractivity contribution in [3.05, 3.63) is 36.0 Å². The van der Waals surface area contributed by atoms with Gasteiger partial charge >= 0.3 is 0 Å². The summed E-state index contributed by atoms with van der Waals surface area (Å²) in [4.78, 5) is 11.4. The van der Waals surface area contributed by atoms with Crippen molar-refractivity contribution in [1.29, 1.82) is 0 Å². The largest absolute Gasteiger partial charge is 0.339 e. The smallest absolute Gasteiger partial charge is 0.156 e. The van der Waals surface area contributed by atoms with Crippen molar-refractivity contribution in [2.75, 3.05) is 6.54 Å². The summed E-state index contributed by atoms with van der Waals surface area (Å²) in [6.07, 6.45) is 2.96. The van der Waals surface area contributed by atoms with E-state index in [0.29, 0.717) is 17.4 Å². The van der Waals surface area contributed by atoms with Crippen molar-refractivity contribution in [2.24, 2.45) is 5.92 Å². The van der Waals surface area contributed by atoms with Gasteiger partial charge in [-0.3, -0.25) is 0 Å². The Morgan fingerprint density at radius 3 is 2.78 bits per heavy atom. The molecule has 4 nitrogen and oxygen atoms in total. The van der Waals surface area contributed by atoms with Gasteiger partial charge in [-0.25, -0.2) is 14.4 Å². The van der Waals surface area contributed by atoms with E-state index in [-0.39, 0.29) is 5.82 Å². The van der Waals surface area contributed by atoms with Gasteiger partial charge in [0.2, 0.25) is 0 Å². The summed E-state index contributed by atoms with van der Waals surface area (Å²) < 4.78 is 12.7. The van der Waals surface area contributed by atoms with Gasteiger partial charge in [-0.1, -0.05) is 13.8 Å². The first-order valence-corrected chi connectivity index (χ1v) is 6.01. The van der Waals surface area contributed by atoms with Gasteiger partial charge in [-0.2, -0.15) is 0 Å². The predicted molar refractivity (Wildman–Crippen MR) is 68.3 cm³/mol. The standard InChI is InChI=1S/C13H17FN4/c1-9(2)5-15-7-11-8-17-13(18-11)12-4-3-10(14)6-16-12/h3-4,6,8-9,15H,5,7H2,1-2H3,(H,17,18). The molecule has 96 valence electrons. The van der Waals surface area contributed by atoms with Crippen molar-refractivity contribution < 1.29 is 4.39 Å². The lowest BCUT2D eigenvalue weighted by Crippen LogP contribution is -2.19. The van der Waals surface area contributed by atoms with E-state index in [2.05, 4.69) is 34.1 Å². The number of nitrogens with one attached hydrogen (secondary N) is 2. The maximum absolute atomic E-state index is 12.7. The van der Waals surface area contributed by atoms with E-state index in [9.17, 15) is 4.39 Å². The third kappa shape index (κ3) is 3.37. The van der Waals surface area contributed by atoms with Crippen LogP contribution in [0.15, 0.2) is 24.5 Å². The zero-order valence-electron chi connectivity index (χ0n) is 10.6. The summed E-state index contributed by atoms with van der Waals surface area (Å²) in [5.41, 5.74) is 1.64. The molecule has 0 amide bonds. The third-order valence-electron chi connectivity index (χ3n) is 2.47. The zero-order chi connectivity index (χ0) is 13.0. The topological polar surface area (TPSA) is 53.6 Å². The third-order valence-corrected chi connectivity index (χ3v) is 2.47. The monoisotopic (exact) mass is 248 g/mol. The second kappa shape index (κ2) is 5.73. The number of aromatic amines is 1. The zero-order valence-corrected chi connectivity index (χ0v) is 10.6. The number of hydrogen-bond donors (Lipinski definition) is 2. The molecule has 0 aromatic carbocycles. The van der Waals surface area contributed by atoms with Gasteiger partial charge in [-0.05, 0) is 24.6 Å². The Hall–Kier alpha value is -1.75. The van der Waals surface area contributed by atoms with Crippen LogP contribution in [0.5, 0.6) is 0 Å². The molecule has 0 aliphatic rings. The first-order valence-electron chi connectivity index (χ1n) is 6.01. The van der Waals surface area contributed by atoms with Gasteiger partial charge in [0.1, 0.15) is 11.5 Å². The number of nitrogens with zero attached hydrogens (tertiary/aromatic N) is 2. The average Bonchev–Trinajstić information content (AvgIpc) is 2.78. The number of H-pyrrole nitrogens is 1. The fourth-order valence-electron chi connectivity index (χ4n) is 1.59. The number of pyridine rings is 1. The molecule has 0 atom stereocenters. The van der Waals surface area contributed by atoms with Crippen LogP contribution in [-0.4, -0.2) is 21.5 Å². The second-order valence-electron chi connectivity index (χ2n) is 4.64. The first kappa shape index (κ1) is 12.7. The number of hydrogen-bond acceptors (Lipinski definition) is 3. The Bertz CT molecular complexity index is 490. The first-order chi connectivity index (χ1) is 8.65. The highest BCUT2D eigenvalue weighted by atomic mass is 19.1. The summed E-state index contributed by atoms with van der Waals surface area (Å²) in [7, 11) is 0. The fraction of sp³-hybridized carbons (Fsp3) is 0.385. The maximum atomic E-state index is 12.7. The van der Waals surface area contributed by atoms with Crippen LogP contribution in [0.1, 0.15) is 19.5 Å². The fourth-order valence-corrected chi connectivity index (χ4v) is 1.59. The number of aromatic nitrogens is 3. The molecule has 5 heteroatoms. The summed E-state index contributed by atoms with van der Waals surface area (Å²) in [5.74, 6) is 0.937. The molecule has 18 heavy (non-hydrogen) atoms. The van der Waals surface area contributed by atoms with Gasteiger partial charge in [0.25, 0.3) is 0 Å². The van der Waals surface area contributed by atoms with Crippen molar-refractivity contribution >= 4 is 0 Å². The Kier molecular flexibility index (Phi) is 4.04. The molecule has 2 aromatic heterocycles. The highest BCUT2D eigenvalue weighted by Gasteiger charge is 2.05. The van der Waals surface area contributed by atoms with E-state index in [0.717, 1.165) is 18.8 Å². The van der Waals surface area contributed by atoms with Crippen molar-refractivity contribution in [3.8, 4) is 11.5 Å². The van der Waals surface area contributed by atoms with Crippen LogP contribution in [0, 0.1) is 11.7 Å².